The molecule has 1 atom stereocenters. The Morgan fingerprint density at radius 3 is 2.52 bits per heavy atom. The highest BCUT2D eigenvalue weighted by molar-refractivity contribution is 5.93. The Morgan fingerprint density at radius 1 is 1.06 bits per heavy atom. The summed E-state index contributed by atoms with van der Waals surface area (Å²) in [6.45, 7) is 6.27. The highest BCUT2D eigenvalue weighted by Crippen LogP contribution is 2.38. The van der Waals surface area contributed by atoms with Gasteiger partial charge in [0, 0.05) is 12.2 Å². The zero-order valence-electron chi connectivity index (χ0n) is 19.0. The van der Waals surface area contributed by atoms with Crippen molar-refractivity contribution in [2.24, 2.45) is 0 Å². The number of hydrogen-bond acceptors (Lipinski definition) is 6. The zero-order valence-corrected chi connectivity index (χ0v) is 19.0. The van der Waals surface area contributed by atoms with Gasteiger partial charge in [0.2, 0.25) is 11.9 Å². The summed E-state index contributed by atoms with van der Waals surface area (Å²) in [4.78, 5) is 32.0. The minimum Gasteiger partial charge on any atom is -0.463 e. The largest absolute Gasteiger partial charge is 0.463 e. The van der Waals surface area contributed by atoms with Crippen molar-refractivity contribution in [1.29, 1.82) is 0 Å². The van der Waals surface area contributed by atoms with E-state index in [1.165, 1.54) is 6.33 Å². The number of aryl methyl sites for hydroxylation is 1. The van der Waals surface area contributed by atoms with Crippen LogP contribution < -0.4 is 10.2 Å². The Bertz CT molecular complexity index is 1190. The molecule has 33 heavy (non-hydrogen) atoms. The van der Waals surface area contributed by atoms with Crippen molar-refractivity contribution < 1.29 is 14.3 Å². The van der Waals surface area contributed by atoms with Gasteiger partial charge in [-0.25, -0.2) is 9.48 Å². The molecular formula is C25H27N5O3. The molecule has 0 bridgehead atoms. The van der Waals surface area contributed by atoms with E-state index in [1.54, 1.807) is 16.5 Å². The van der Waals surface area contributed by atoms with Crippen molar-refractivity contribution in [2.45, 2.75) is 33.4 Å². The Balaban J connectivity index is 1.65. The van der Waals surface area contributed by atoms with Crippen LogP contribution in [-0.4, -0.2) is 39.8 Å². The van der Waals surface area contributed by atoms with Gasteiger partial charge < -0.3 is 15.0 Å². The molecule has 2 heterocycles. The van der Waals surface area contributed by atoms with Gasteiger partial charge in [-0.15, -0.1) is 0 Å². The Hall–Kier alpha value is -3.94. The number of carbonyl (C=O) groups excluding carboxylic acids is 2. The van der Waals surface area contributed by atoms with Gasteiger partial charge in [-0.05, 0) is 37.5 Å². The lowest BCUT2D eigenvalue weighted by atomic mass is 9.95. The quantitative estimate of drug-likeness (QED) is 0.562. The summed E-state index contributed by atoms with van der Waals surface area (Å²) in [5.41, 5.74) is 4.11. The van der Waals surface area contributed by atoms with Gasteiger partial charge in [-0.2, -0.15) is 10.1 Å². The fourth-order valence-electron chi connectivity index (χ4n) is 4.04. The topological polar surface area (TPSA) is 89.3 Å². The molecule has 1 aromatic heterocycles. The minimum atomic E-state index is -0.492. The fraction of sp³-hybridized carbons (Fsp3) is 0.280. The van der Waals surface area contributed by atoms with Crippen molar-refractivity contribution in [3.63, 3.8) is 0 Å². The molecule has 0 spiro atoms. The molecule has 1 aliphatic rings. The molecule has 3 aromatic rings. The number of aromatic nitrogens is 3. The molecule has 1 N–H and O–H groups in total. The Labute approximate surface area is 192 Å². The summed E-state index contributed by atoms with van der Waals surface area (Å²) in [6.07, 6.45) is 1.44. The number of carbonyl (C=O) groups is 2. The van der Waals surface area contributed by atoms with Crippen molar-refractivity contribution in [2.75, 3.05) is 18.1 Å². The number of nitrogens with one attached hydrogen (secondary N) is 1. The third-order valence-corrected chi connectivity index (χ3v) is 5.76. The summed E-state index contributed by atoms with van der Waals surface area (Å²) in [6, 6.07) is 17.0. The van der Waals surface area contributed by atoms with Gasteiger partial charge in [-0.3, -0.25) is 4.79 Å². The lowest BCUT2D eigenvalue weighted by Gasteiger charge is -2.35. The molecule has 8 heteroatoms. The van der Waals surface area contributed by atoms with E-state index in [0.717, 1.165) is 16.7 Å². The number of anilines is 1. The van der Waals surface area contributed by atoms with Gasteiger partial charge in [-0.1, -0.05) is 54.6 Å². The van der Waals surface area contributed by atoms with E-state index in [0.29, 0.717) is 23.8 Å². The lowest BCUT2D eigenvalue weighted by Crippen LogP contribution is -2.42. The molecule has 1 amide bonds. The predicted molar refractivity (Wildman–Crippen MR) is 124 cm³/mol. The number of fused-ring (bicyclic) bond motifs is 1. The normalized spacial score (nSPS) is 15.2. The number of esters is 1. The first kappa shape index (κ1) is 22.3. The van der Waals surface area contributed by atoms with Crippen LogP contribution in [0.3, 0.4) is 0 Å². The maximum atomic E-state index is 13.0. The van der Waals surface area contributed by atoms with Crippen molar-refractivity contribution >= 4 is 17.8 Å². The molecular weight excluding hydrogens is 418 g/mol. The smallest absolute Gasteiger partial charge is 0.338 e. The fourth-order valence-corrected chi connectivity index (χ4v) is 4.04. The van der Waals surface area contributed by atoms with E-state index >= 15 is 0 Å². The van der Waals surface area contributed by atoms with Crippen LogP contribution in [0.1, 0.15) is 36.6 Å². The first-order valence-electron chi connectivity index (χ1n) is 10.9. The first-order valence-corrected chi connectivity index (χ1v) is 10.9. The number of rotatable bonds is 7. The number of ether oxygens (including phenoxy) is 1. The number of benzene rings is 2. The lowest BCUT2D eigenvalue weighted by molar-refractivity contribution is -0.139. The first-order chi connectivity index (χ1) is 16.0. The van der Waals surface area contributed by atoms with Gasteiger partial charge in [0.05, 0.1) is 12.2 Å². The van der Waals surface area contributed by atoms with Crippen molar-refractivity contribution in [3.8, 4) is 0 Å². The van der Waals surface area contributed by atoms with Crippen LogP contribution in [0.2, 0.25) is 0 Å². The average Bonchev–Trinajstić information content (AvgIpc) is 3.30. The third-order valence-electron chi connectivity index (χ3n) is 5.76. The standard InChI is InChI=1S/C25H27N5O3/c1-4-33-24(32)22-18(3)29(15-21(31)26-14-20-13-9-8-10-17(20)2)25-27-16-28-30(25)23(22)19-11-6-5-7-12-19/h5-13,16,23H,4,14-15H2,1-3H3,(H,26,31)/t23-/m0/s1. The van der Waals surface area contributed by atoms with E-state index in [1.807, 2.05) is 68.4 Å². The van der Waals surface area contributed by atoms with Crippen LogP contribution in [0.4, 0.5) is 5.95 Å². The van der Waals surface area contributed by atoms with Gasteiger partial charge in [0.15, 0.2) is 0 Å². The molecule has 8 nitrogen and oxygen atoms in total. The second kappa shape index (κ2) is 9.68. The summed E-state index contributed by atoms with van der Waals surface area (Å²) in [5, 5.41) is 7.36. The van der Waals surface area contributed by atoms with E-state index in [-0.39, 0.29) is 19.1 Å². The summed E-state index contributed by atoms with van der Waals surface area (Å²) in [5.74, 6) is -0.121. The van der Waals surface area contributed by atoms with Gasteiger partial charge in [0.25, 0.3) is 0 Å². The second-order valence-electron chi connectivity index (χ2n) is 7.83. The molecule has 0 unspecified atom stereocenters. The molecule has 0 radical (unpaired) electrons. The molecule has 4 rings (SSSR count). The van der Waals surface area contributed by atoms with E-state index in [9.17, 15) is 9.59 Å². The zero-order chi connectivity index (χ0) is 23.4. The van der Waals surface area contributed by atoms with Crippen LogP contribution >= 0.6 is 0 Å². The highest BCUT2D eigenvalue weighted by Gasteiger charge is 2.38. The molecule has 0 fully saturated rings. The number of hydrogen-bond donors (Lipinski definition) is 1. The van der Waals surface area contributed by atoms with Gasteiger partial charge in [0.1, 0.15) is 18.9 Å². The molecule has 170 valence electrons. The minimum absolute atomic E-state index is 0.000816. The van der Waals surface area contributed by atoms with Gasteiger partial charge >= 0.3 is 5.97 Å². The van der Waals surface area contributed by atoms with Crippen LogP contribution in [0, 0.1) is 6.92 Å². The average molecular weight is 446 g/mol. The Kier molecular flexibility index (Phi) is 6.53. The molecule has 0 aliphatic carbocycles. The van der Waals surface area contributed by atoms with Crippen LogP contribution in [0.15, 0.2) is 72.2 Å². The SMILES string of the molecule is CCOC(=O)C1=C(C)N(CC(=O)NCc2ccccc2C)c2ncnn2[C@H]1c1ccccc1. The Morgan fingerprint density at radius 2 is 1.79 bits per heavy atom. The highest BCUT2D eigenvalue weighted by atomic mass is 16.5. The monoisotopic (exact) mass is 445 g/mol. The van der Waals surface area contributed by atoms with E-state index < -0.39 is 12.0 Å². The van der Waals surface area contributed by atoms with Crippen molar-refractivity contribution in [3.05, 3.63) is 88.9 Å². The van der Waals surface area contributed by atoms with Crippen molar-refractivity contribution in [1.82, 2.24) is 20.1 Å². The predicted octanol–water partition coefficient (Wildman–Crippen LogP) is 3.15. The van der Waals surface area contributed by atoms with Crippen LogP contribution in [0.25, 0.3) is 0 Å². The summed E-state index contributed by atoms with van der Waals surface area (Å²) < 4.78 is 7.05. The molecule has 2 aromatic carbocycles. The maximum absolute atomic E-state index is 13.0. The summed E-state index contributed by atoms with van der Waals surface area (Å²) in [7, 11) is 0. The van der Waals surface area contributed by atoms with E-state index in [2.05, 4.69) is 15.4 Å². The maximum Gasteiger partial charge on any atom is 0.338 e. The summed E-state index contributed by atoms with van der Waals surface area (Å²) >= 11 is 0. The van der Waals surface area contributed by atoms with Crippen LogP contribution in [0.5, 0.6) is 0 Å². The molecule has 1 aliphatic heterocycles. The van der Waals surface area contributed by atoms with E-state index in [4.69, 9.17) is 4.74 Å². The number of allylic oxidation sites excluding steroid dienone is 1. The van der Waals surface area contributed by atoms with Crippen LogP contribution in [-0.2, 0) is 20.9 Å². The number of nitrogens with zero attached hydrogens (tertiary/aromatic N) is 4. The number of amides is 1. The molecule has 0 saturated heterocycles. The second-order valence-corrected chi connectivity index (χ2v) is 7.83. The third kappa shape index (κ3) is 4.50. The molecule has 0 saturated carbocycles.